The number of nitrogens with two attached hydrogens (primary N) is 1. The van der Waals surface area contributed by atoms with Crippen molar-refractivity contribution in [1.29, 1.82) is 0 Å². The molecule has 2 unspecified atom stereocenters. The molecule has 16 heteroatoms. The molecule has 10 N–H and O–H groups in total. The Kier molecular flexibility index (Phi) is 14.9. The average molecular weight is 554 g/mol. The summed E-state index contributed by atoms with van der Waals surface area (Å²) in [6.45, 7) is 0.754. The average Bonchev–Trinajstić information content (AvgIpc) is 2.88. The number of carbonyl (C=O) groups is 6. The van der Waals surface area contributed by atoms with Crippen molar-refractivity contribution in [3.05, 3.63) is 23.9 Å². The first kappa shape index (κ1) is 32.6. The van der Waals surface area contributed by atoms with E-state index in [1.807, 2.05) is 5.32 Å². The highest BCUT2D eigenvalue weighted by Gasteiger charge is 2.26. The lowest BCUT2D eigenvalue weighted by Gasteiger charge is -2.17. The molecule has 0 spiro atoms. The summed E-state index contributed by atoms with van der Waals surface area (Å²) >= 11 is 0. The highest BCUT2D eigenvalue weighted by Crippen LogP contribution is 2.05. The van der Waals surface area contributed by atoms with E-state index in [-0.39, 0.29) is 18.2 Å². The Balaban J connectivity index is 2.17. The van der Waals surface area contributed by atoms with Gasteiger partial charge in [-0.25, -0.2) is 25.2 Å². The minimum atomic E-state index is -1.71. The number of hydrogen-bond donors (Lipinski definition) is 9. The number of carboxylic acid groups (broad SMARTS) is 3. The molecule has 0 aromatic carbocycles. The number of carboxylic acids is 3. The van der Waals surface area contributed by atoms with Crippen LogP contribution in [0.25, 0.3) is 0 Å². The van der Waals surface area contributed by atoms with Crippen LogP contribution < -0.4 is 32.5 Å². The first-order valence-electron chi connectivity index (χ1n) is 12.3. The van der Waals surface area contributed by atoms with Crippen molar-refractivity contribution < 1.29 is 44.1 Å². The Hall–Kier alpha value is -4.47. The third-order valence-electron chi connectivity index (χ3n) is 5.37. The molecule has 1 aromatic rings. The summed E-state index contributed by atoms with van der Waals surface area (Å²) in [5.41, 5.74) is 2.78. The minimum absolute atomic E-state index is 0.0190. The van der Waals surface area contributed by atoms with Crippen LogP contribution in [0.2, 0.25) is 0 Å². The molecule has 1 rings (SSSR count). The predicted molar refractivity (Wildman–Crippen MR) is 136 cm³/mol. The van der Waals surface area contributed by atoms with Crippen molar-refractivity contribution in [2.45, 2.75) is 63.5 Å². The van der Waals surface area contributed by atoms with Crippen LogP contribution in [-0.2, 0) is 19.2 Å². The van der Waals surface area contributed by atoms with Gasteiger partial charge < -0.3 is 42.0 Å². The van der Waals surface area contributed by atoms with E-state index in [2.05, 4.69) is 26.4 Å². The van der Waals surface area contributed by atoms with Crippen molar-refractivity contribution >= 4 is 41.6 Å². The van der Waals surface area contributed by atoms with E-state index in [1.54, 1.807) is 12.1 Å². The molecule has 2 atom stereocenters. The molecule has 0 bridgehead atoms. The molecule has 0 aliphatic carbocycles. The Morgan fingerprint density at radius 2 is 1.46 bits per heavy atom. The highest BCUT2D eigenvalue weighted by molar-refractivity contribution is 5.94. The zero-order chi connectivity index (χ0) is 29.2. The molecule has 0 aliphatic heterocycles. The molecule has 4 amide bonds. The fraction of sp³-hybridized carbons (Fsp3) is 0.522. The van der Waals surface area contributed by atoms with Crippen molar-refractivity contribution in [2.24, 2.45) is 5.84 Å². The lowest BCUT2D eigenvalue weighted by atomic mass is 10.1. The second-order valence-electron chi connectivity index (χ2n) is 8.49. The van der Waals surface area contributed by atoms with Crippen LogP contribution in [0.5, 0.6) is 0 Å². The summed E-state index contributed by atoms with van der Waals surface area (Å²) in [7, 11) is 0. The van der Waals surface area contributed by atoms with Gasteiger partial charge >= 0.3 is 23.9 Å². The normalized spacial score (nSPS) is 11.9. The first-order valence-corrected chi connectivity index (χ1v) is 12.3. The van der Waals surface area contributed by atoms with Crippen LogP contribution >= 0.6 is 0 Å². The number of nitrogens with one attached hydrogen (secondary N) is 5. The molecule has 216 valence electrons. The van der Waals surface area contributed by atoms with Crippen molar-refractivity contribution in [3.8, 4) is 0 Å². The standard InChI is InChI=1S/C23H35N7O9/c24-30-17-9-8-14(13-27-17)20(34)26-11-4-1-2-7-18(31)25-10-5-3-6-15(21(35)36)28-23(39)29-16(22(37)38)12-19(32)33/h8-9,13,15-16H,1-7,10-12,24H2,(H,25,31)(H,26,34)(H,27,30)(H,32,33)(H,35,36)(H,37,38)(H2,28,29,39). The number of hydrogen-bond acceptors (Lipinski definition) is 9. The Morgan fingerprint density at radius 1 is 0.821 bits per heavy atom. The summed E-state index contributed by atoms with van der Waals surface area (Å²) in [6.07, 6.45) is 3.69. The number of unbranched alkanes of at least 4 members (excludes halogenated alkanes) is 3. The van der Waals surface area contributed by atoms with Crippen LogP contribution in [0.1, 0.15) is 61.7 Å². The van der Waals surface area contributed by atoms with E-state index in [0.717, 1.165) is 6.42 Å². The quantitative estimate of drug-likeness (QED) is 0.0603. The fourth-order valence-electron chi connectivity index (χ4n) is 3.28. The number of urea groups is 1. The monoisotopic (exact) mass is 553 g/mol. The van der Waals surface area contributed by atoms with Gasteiger partial charge in [0, 0.05) is 25.7 Å². The molecule has 0 radical (unpaired) electrons. The summed E-state index contributed by atoms with van der Waals surface area (Å²) in [6, 6.07) is -0.961. The lowest BCUT2D eigenvalue weighted by molar-refractivity contribution is -0.145. The smallest absolute Gasteiger partial charge is 0.326 e. The fourth-order valence-corrected chi connectivity index (χ4v) is 3.28. The number of rotatable bonds is 19. The van der Waals surface area contributed by atoms with Gasteiger partial charge in [-0.1, -0.05) is 6.42 Å². The first-order chi connectivity index (χ1) is 18.5. The third kappa shape index (κ3) is 14.2. The molecule has 39 heavy (non-hydrogen) atoms. The van der Waals surface area contributed by atoms with Gasteiger partial charge in [0.2, 0.25) is 5.91 Å². The third-order valence-corrected chi connectivity index (χ3v) is 5.37. The van der Waals surface area contributed by atoms with Crippen LogP contribution in [0.4, 0.5) is 10.6 Å². The van der Waals surface area contributed by atoms with Crippen molar-refractivity contribution in [2.75, 3.05) is 18.5 Å². The lowest BCUT2D eigenvalue weighted by Crippen LogP contribution is -2.51. The van der Waals surface area contributed by atoms with E-state index < -0.39 is 42.4 Å². The topological polar surface area (TPSA) is 262 Å². The Bertz CT molecular complexity index is 989. The van der Waals surface area contributed by atoms with E-state index in [1.165, 1.54) is 6.20 Å². The zero-order valence-electron chi connectivity index (χ0n) is 21.3. The molecule has 0 saturated carbocycles. The molecular weight excluding hydrogens is 518 g/mol. The number of aromatic nitrogens is 1. The summed E-state index contributed by atoms with van der Waals surface area (Å²) in [5, 5.41) is 36.4. The molecule has 0 saturated heterocycles. The van der Waals surface area contributed by atoms with Gasteiger partial charge in [-0.05, 0) is 44.2 Å². The van der Waals surface area contributed by atoms with Gasteiger partial charge in [0.05, 0.1) is 12.0 Å². The number of nitrogens with zero attached hydrogens (tertiary/aromatic N) is 1. The van der Waals surface area contributed by atoms with E-state index in [0.29, 0.717) is 56.6 Å². The molecule has 1 aromatic heterocycles. The Morgan fingerprint density at radius 3 is 2.05 bits per heavy atom. The van der Waals surface area contributed by atoms with Crippen LogP contribution in [0.15, 0.2) is 18.3 Å². The summed E-state index contributed by atoms with van der Waals surface area (Å²) in [5.74, 6) is 0.905. The number of amides is 4. The predicted octanol–water partition coefficient (Wildman–Crippen LogP) is -0.376. The molecule has 16 nitrogen and oxygen atoms in total. The molecular formula is C23H35N7O9. The maximum atomic E-state index is 12.0. The second kappa shape index (κ2) is 17.9. The maximum Gasteiger partial charge on any atom is 0.326 e. The molecule has 0 fully saturated rings. The zero-order valence-corrected chi connectivity index (χ0v) is 21.3. The molecule has 1 heterocycles. The highest BCUT2D eigenvalue weighted by atomic mass is 16.4. The van der Waals surface area contributed by atoms with Crippen LogP contribution in [0, 0.1) is 0 Å². The van der Waals surface area contributed by atoms with Gasteiger partial charge in [-0.15, -0.1) is 0 Å². The summed E-state index contributed by atoms with van der Waals surface area (Å²) < 4.78 is 0. The number of hydrazine groups is 1. The van der Waals surface area contributed by atoms with Gasteiger partial charge in [-0.2, -0.15) is 0 Å². The van der Waals surface area contributed by atoms with Gasteiger partial charge in [0.1, 0.15) is 17.9 Å². The van der Waals surface area contributed by atoms with Crippen molar-refractivity contribution in [1.82, 2.24) is 26.3 Å². The van der Waals surface area contributed by atoms with Gasteiger partial charge in [0.25, 0.3) is 5.91 Å². The van der Waals surface area contributed by atoms with Crippen LogP contribution in [0.3, 0.4) is 0 Å². The number of carbonyl (C=O) groups excluding carboxylic acids is 3. The number of anilines is 1. The van der Waals surface area contributed by atoms with Crippen LogP contribution in [-0.4, -0.2) is 81.2 Å². The SMILES string of the molecule is NNc1ccc(C(=O)NCCCCCC(=O)NCCCCC(NC(=O)NC(CC(=O)O)C(=O)O)C(=O)O)cn1. The number of pyridine rings is 1. The van der Waals surface area contributed by atoms with Gasteiger partial charge in [0.15, 0.2) is 0 Å². The van der Waals surface area contributed by atoms with E-state index >= 15 is 0 Å². The van der Waals surface area contributed by atoms with E-state index in [9.17, 15) is 33.9 Å². The largest absolute Gasteiger partial charge is 0.481 e. The van der Waals surface area contributed by atoms with E-state index in [4.69, 9.17) is 16.1 Å². The van der Waals surface area contributed by atoms with Gasteiger partial charge in [-0.3, -0.25) is 14.4 Å². The summed E-state index contributed by atoms with van der Waals surface area (Å²) in [4.78, 5) is 72.9. The number of nitrogen functional groups attached to an aromatic ring is 1. The van der Waals surface area contributed by atoms with Crippen molar-refractivity contribution in [3.63, 3.8) is 0 Å². The maximum absolute atomic E-state index is 12.0. The minimum Gasteiger partial charge on any atom is -0.481 e. The number of aliphatic carboxylic acids is 3. The second-order valence-corrected chi connectivity index (χ2v) is 8.49. The molecule has 0 aliphatic rings. The Labute approximate surface area is 224 Å².